The van der Waals surface area contributed by atoms with Gasteiger partial charge in [0.15, 0.2) is 5.65 Å². The number of hydrogen-bond donors (Lipinski definition) is 0. The lowest BCUT2D eigenvalue weighted by Gasteiger charge is -1.95. The van der Waals surface area contributed by atoms with Gasteiger partial charge in [-0.05, 0) is 24.8 Å². The van der Waals surface area contributed by atoms with Gasteiger partial charge in [0.05, 0.1) is 5.39 Å². The van der Waals surface area contributed by atoms with Gasteiger partial charge in [-0.2, -0.15) is 5.10 Å². The van der Waals surface area contributed by atoms with Crippen LogP contribution in [0.5, 0.6) is 0 Å². The van der Waals surface area contributed by atoms with Crippen molar-refractivity contribution in [3.8, 4) is 0 Å². The second-order valence-electron chi connectivity index (χ2n) is 3.81. The molecule has 0 N–H and O–H groups in total. The fourth-order valence-corrected chi connectivity index (χ4v) is 3.56. The standard InChI is InChI=1S/C10H8N4S/c1-2-6-7(3-1)15-10-8(6)9-11-4-13-14(9)5-12-10/h4-5H,1-3H2. The van der Waals surface area contributed by atoms with E-state index in [1.165, 1.54) is 35.1 Å². The van der Waals surface area contributed by atoms with Crippen molar-refractivity contribution in [3.05, 3.63) is 23.1 Å². The molecule has 0 saturated heterocycles. The lowest BCUT2D eigenvalue weighted by Crippen LogP contribution is -1.90. The van der Waals surface area contributed by atoms with E-state index in [9.17, 15) is 0 Å². The third-order valence-electron chi connectivity index (χ3n) is 2.98. The zero-order valence-corrected chi connectivity index (χ0v) is 8.79. The first-order valence-corrected chi connectivity index (χ1v) is 5.84. The lowest BCUT2D eigenvalue weighted by molar-refractivity contribution is 0.913. The number of hydrogen-bond acceptors (Lipinski definition) is 4. The van der Waals surface area contributed by atoms with E-state index >= 15 is 0 Å². The monoisotopic (exact) mass is 216 g/mol. The molecule has 1 aliphatic rings. The maximum atomic E-state index is 4.42. The van der Waals surface area contributed by atoms with Crippen molar-refractivity contribution >= 4 is 27.2 Å². The predicted octanol–water partition coefficient (Wildman–Crippen LogP) is 1.83. The number of thiophene rings is 1. The van der Waals surface area contributed by atoms with E-state index in [-0.39, 0.29) is 0 Å². The summed E-state index contributed by atoms with van der Waals surface area (Å²) < 4.78 is 1.76. The molecule has 3 aromatic heterocycles. The van der Waals surface area contributed by atoms with Crippen LogP contribution in [-0.2, 0) is 12.8 Å². The molecule has 4 nitrogen and oxygen atoms in total. The van der Waals surface area contributed by atoms with Crippen LogP contribution in [0.1, 0.15) is 16.9 Å². The van der Waals surface area contributed by atoms with E-state index in [1.807, 2.05) is 11.3 Å². The average molecular weight is 216 g/mol. The van der Waals surface area contributed by atoms with Gasteiger partial charge in [-0.15, -0.1) is 11.3 Å². The van der Waals surface area contributed by atoms with Crippen molar-refractivity contribution < 1.29 is 0 Å². The normalized spacial score (nSPS) is 15.2. The molecular weight excluding hydrogens is 208 g/mol. The third kappa shape index (κ3) is 0.885. The maximum absolute atomic E-state index is 4.42. The van der Waals surface area contributed by atoms with E-state index < -0.39 is 0 Å². The molecule has 4 rings (SSSR count). The number of nitrogens with zero attached hydrogens (tertiary/aromatic N) is 4. The largest absolute Gasteiger partial charge is 0.225 e. The summed E-state index contributed by atoms with van der Waals surface area (Å²) in [6.45, 7) is 0. The van der Waals surface area contributed by atoms with Gasteiger partial charge >= 0.3 is 0 Å². The second-order valence-corrected chi connectivity index (χ2v) is 4.89. The van der Waals surface area contributed by atoms with Crippen LogP contribution in [0.4, 0.5) is 0 Å². The van der Waals surface area contributed by atoms with Crippen molar-refractivity contribution in [1.82, 2.24) is 19.6 Å². The fourth-order valence-electron chi connectivity index (χ4n) is 2.33. The van der Waals surface area contributed by atoms with Gasteiger partial charge in [-0.1, -0.05) is 0 Å². The molecule has 0 saturated carbocycles. The average Bonchev–Trinajstić information content (AvgIpc) is 2.89. The van der Waals surface area contributed by atoms with Crippen LogP contribution in [0.2, 0.25) is 0 Å². The van der Waals surface area contributed by atoms with Gasteiger partial charge in [0.25, 0.3) is 0 Å². The molecule has 0 unspecified atom stereocenters. The Bertz CT molecular complexity index is 666. The van der Waals surface area contributed by atoms with Crippen molar-refractivity contribution in [2.45, 2.75) is 19.3 Å². The Balaban J connectivity index is 2.30. The van der Waals surface area contributed by atoms with Crippen molar-refractivity contribution in [1.29, 1.82) is 0 Å². The van der Waals surface area contributed by atoms with Crippen LogP contribution in [0.25, 0.3) is 15.9 Å². The van der Waals surface area contributed by atoms with Crippen LogP contribution in [0.15, 0.2) is 12.7 Å². The number of aromatic nitrogens is 4. The Morgan fingerprint density at radius 3 is 3.27 bits per heavy atom. The van der Waals surface area contributed by atoms with Crippen LogP contribution >= 0.6 is 11.3 Å². The summed E-state index contributed by atoms with van der Waals surface area (Å²) in [5, 5.41) is 5.35. The van der Waals surface area contributed by atoms with Crippen LogP contribution in [0.3, 0.4) is 0 Å². The van der Waals surface area contributed by atoms with E-state index in [1.54, 1.807) is 17.2 Å². The highest BCUT2D eigenvalue weighted by Crippen LogP contribution is 2.37. The van der Waals surface area contributed by atoms with Gasteiger partial charge in [0, 0.05) is 4.88 Å². The van der Waals surface area contributed by atoms with E-state index in [2.05, 4.69) is 15.1 Å². The molecule has 3 heterocycles. The molecule has 15 heavy (non-hydrogen) atoms. The van der Waals surface area contributed by atoms with E-state index in [4.69, 9.17) is 0 Å². The number of fused-ring (bicyclic) bond motifs is 5. The summed E-state index contributed by atoms with van der Waals surface area (Å²) in [6, 6.07) is 0. The zero-order valence-electron chi connectivity index (χ0n) is 7.97. The minimum atomic E-state index is 0.958. The van der Waals surface area contributed by atoms with Gasteiger partial charge in [-0.3, -0.25) is 0 Å². The van der Waals surface area contributed by atoms with Crippen LogP contribution in [-0.4, -0.2) is 19.6 Å². The molecule has 0 aromatic carbocycles. The highest BCUT2D eigenvalue weighted by molar-refractivity contribution is 7.19. The van der Waals surface area contributed by atoms with E-state index in [0.717, 1.165) is 10.5 Å². The summed E-state index contributed by atoms with van der Waals surface area (Å²) in [5.74, 6) is 0. The Hall–Kier alpha value is -1.49. The Kier molecular flexibility index (Phi) is 1.32. The lowest BCUT2D eigenvalue weighted by atomic mass is 10.2. The van der Waals surface area contributed by atoms with Gasteiger partial charge in [0.1, 0.15) is 17.5 Å². The van der Waals surface area contributed by atoms with Crippen LogP contribution < -0.4 is 0 Å². The summed E-state index contributed by atoms with van der Waals surface area (Å²) in [4.78, 5) is 11.3. The molecular formula is C10H8N4S. The second kappa shape index (κ2) is 2.55. The number of rotatable bonds is 0. The molecule has 0 amide bonds. The first kappa shape index (κ1) is 7.76. The molecule has 5 heteroatoms. The van der Waals surface area contributed by atoms with Gasteiger partial charge in [0.2, 0.25) is 0 Å². The van der Waals surface area contributed by atoms with Crippen molar-refractivity contribution in [2.75, 3.05) is 0 Å². The van der Waals surface area contributed by atoms with Crippen LogP contribution in [0, 0.1) is 0 Å². The summed E-state index contributed by atoms with van der Waals surface area (Å²) in [6.07, 6.45) is 6.98. The Morgan fingerprint density at radius 2 is 2.27 bits per heavy atom. The Morgan fingerprint density at radius 1 is 1.27 bits per heavy atom. The fraction of sp³-hybridized carbons (Fsp3) is 0.300. The topological polar surface area (TPSA) is 43.1 Å². The first-order valence-electron chi connectivity index (χ1n) is 5.02. The maximum Gasteiger partial charge on any atom is 0.167 e. The Labute approximate surface area is 89.6 Å². The van der Waals surface area contributed by atoms with E-state index in [0.29, 0.717) is 0 Å². The highest BCUT2D eigenvalue weighted by Gasteiger charge is 2.20. The molecule has 0 bridgehead atoms. The van der Waals surface area contributed by atoms with Crippen molar-refractivity contribution in [2.24, 2.45) is 0 Å². The molecule has 3 aromatic rings. The number of aryl methyl sites for hydroxylation is 2. The SMILES string of the molecule is c1nc2c3c4c(sc3ncn2n1)CCC4. The summed E-state index contributed by atoms with van der Waals surface area (Å²) in [7, 11) is 0. The molecule has 0 aliphatic heterocycles. The van der Waals surface area contributed by atoms with Gasteiger partial charge in [-0.25, -0.2) is 14.5 Å². The van der Waals surface area contributed by atoms with Gasteiger partial charge < -0.3 is 0 Å². The first-order chi connectivity index (χ1) is 7.43. The minimum absolute atomic E-state index is 0.958. The molecule has 74 valence electrons. The highest BCUT2D eigenvalue weighted by atomic mass is 32.1. The molecule has 0 atom stereocenters. The molecule has 1 aliphatic carbocycles. The summed E-state index contributed by atoms with van der Waals surface area (Å²) in [5.41, 5.74) is 2.42. The molecule has 0 radical (unpaired) electrons. The summed E-state index contributed by atoms with van der Waals surface area (Å²) >= 11 is 1.81. The quantitative estimate of drug-likeness (QED) is 0.575. The molecule has 0 fully saturated rings. The molecule has 0 spiro atoms. The smallest absolute Gasteiger partial charge is 0.167 e. The van der Waals surface area contributed by atoms with Crippen molar-refractivity contribution in [3.63, 3.8) is 0 Å². The zero-order chi connectivity index (χ0) is 9.83. The third-order valence-corrected chi connectivity index (χ3v) is 4.18. The minimum Gasteiger partial charge on any atom is -0.225 e. The predicted molar refractivity (Wildman–Crippen MR) is 58.2 cm³/mol.